The van der Waals surface area contributed by atoms with Crippen LogP contribution < -0.4 is 0 Å². The van der Waals surface area contributed by atoms with Gasteiger partial charge in [0.05, 0.1) is 6.61 Å². The predicted molar refractivity (Wildman–Crippen MR) is 161 cm³/mol. The summed E-state index contributed by atoms with van der Waals surface area (Å²) in [4.78, 5) is 24.2. The second kappa shape index (κ2) is 17.1. The lowest BCUT2D eigenvalue weighted by Crippen LogP contribution is -2.28. The van der Waals surface area contributed by atoms with E-state index in [4.69, 9.17) is 9.47 Å². The number of aliphatic hydroxyl groups excluding tert-OH is 1. The molecular formula is C31H46O5S2. The van der Waals surface area contributed by atoms with Gasteiger partial charge in [-0.1, -0.05) is 83.4 Å². The third-order valence-corrected chi connectivity index (χ3v) is 9.93. The Balaban J connectivity index is 1.73. The van der Waals surface area contributed by atoms with Gasteiger partial charge in [-0.05, 0) is 75.9 Å². The van der Waals surface area contributed by atoms with E-state index >= 15 is 0 Å². The van der Waals surface area contributed by atoms with Crippen LogP contribution in [0, 0.1) is 5.41 Å². The zero-order valence-electron chi connectivity index (χ0n) is 23.8. The van der Waals surface area contributed by atoms with Gasteiger partial charge in [0.1, 0.15) is 6.61 Å². The number of hydrogen-bond acceptors (Lipinski definition) is 7. The molecule has 1 N–H and O–H groups in total. The van der Waals surface area contributed by atoms with E-state index in [9.17, 15) is 14.7 Å². The summed E-state index contributed by atoms with van der Waals surface area (Å²) >= 11 is 0. The van der Waals surface area contributed by atoms with E-state index in [0.29, 0.717) is 11.7 Å². The van der Waals surface area contributed by atoms with Crippen LogP contribution in [0.3, 0.4) is 0 Å². The predicted octanol–water partition coefficient (Wildman–Crippen LogP) is 7.68. The van der Waals surface area contributed by atoms with Gasteiger partial charge >= 0.3 is 11.9 Å². The van der Waals surface area contributed by atoms with Crippen molar-refractivity contribution in [2.45, 2.75) is 97.3 Å². The fraction of sp³-hybridized carbons (Fsp3) is 0.613. The Kier molecular flexibility index (Phi) is 14.6. The Bertz CT molecular complexity index is 936. The largest absolute Gasteiger partial charge is 0.462 e. The molecule has 0 spiro atoms. The highest BCUT2D eigenvalue weighted by atomic mass is 33.1. The molecule has 5 nitrogen and oxygen atoms in total. The van der Waals surface area contributed by atoms with Crippen molar-refractivity contribution in [1.29, 1.82) is 0 Å². The molecule has 1 fully saturated rings. The molecule has 0 bridgehead atoms. The molecule has 212 valence electrons. The Morgan fingerprint density at radius 2 is 1.97 bits per heavy atom. The Labute approximate surface area is 237 Å². The molecule has 38 heavy (non-hydrogen) atoms. The number of rotatable bonds is 14. The molecule has 1 unspecified atom stereocenters. The van der Waals surface area contributed by atoms with Crippen LogP contribution in [0.15, 0.2) is 58.7 Å². The maximum atomic E-state index is 12.3. The number of hydrogen-bond donors (Lipinski definition) is 1. The van der Waals surface area contributed by atoms with Crippen molar-refractivity contribution in [3.05, 3.63) is 58.7 Å². The number of unbranched alkanes of at least 4 members (excludes halogenated alkanes) is 1. The van der Waals surface area contributed by atoms with E-state index in [1.807, 2.05) is 46.7 Å². The minimum Gasteiger partial charge on any atom is -0.462 e. The average Bonchev–Trinajstić information content (AvgIpc) is 3.37. The summed E-state index contributed by atoms with van der Waals surface area (Å²) in [6.45, 7) is 10.2. The van der Waals surface area contributed by atoms with Crippen LogP contribution in [0.4, 0.5) is 0 Å². The summed E-state index contributed by atoms with van der Waals surface area (Å²) in [5.74, 6) is 0.323. The lowest BCUT2D eigenvalue weighted by atomic mass is 9.72. The molecule has 7 heteroatoms. The summed E-state index contributed by atoms with van der Waals surface area (Å²) in [7, 11) is 3.87. The zero-order valence-corrected chi connectivity index (χ0v) is 25.4. The fourth-order valence-corrected chi connectivity index (χ4v) is 7.68. The van der Waals surface area contributed by atoms with Crippen molar-refractivity contribution in [3.8, 4) is 0 Å². The van der Waals surface area contributed by atoms with Crippen LogP contribution in [0.1, 0.15) is 86.0 Å². The number of esters is 2. The quantitative estimate of drug-likeness (QED) is 0.0765. The first-order chi connectivity index (χ1) is 18.1. The molecule has 2 atom stereocenters. The van der Waals surface area contributed by atoms with Crippen LogP contribution in [-0.2, 0) is 19.1 Å². The molecule has 1 heterocycles. The zero-order chi connectivity index (χ0) is 28.0. The highest BCUT2D eigenvalue weighted by Gasteiger charge is 2.26. The lowest BCUT2D eigenvalue weighted by Gasteiger charge is -2.32. The molecule has 2 aliphatic rings. The number of aliphatic hydroxyl groups is 1. The summed E-state index contributed by atoms with van der Waals surface area (Å²) < 4.78 is 10.5. The van der Waals surface area contributed by atoms with Crippen molar-refractivity contribution in [2.75, 3.05) is 19.0 Å². The van der Waals surface area contributed by atoms with E-state index in [-0.39, 0.29) is 18.0 Å². The molecule has 0 saturated carbocycles. The second-order valence-corrected chi connectivity index (χ2v) is 13.7. The maximum Gasteiger partial charge on any atom is 0.331 e. The lowest BCUT2D eigenvalue weighted by molar-refractivity contribution is -0.157. The second-order valence-electron chi connectivity index (χ2n) is 10.9. The standard InChI is InChI=1S/C31H46O5S2/c1-23(15-16-28-25(3)12-9-18-31(28,4)5)10-8-11-24(2)20-30(34)36-26(21-32)22-35-29(33)14-7-6-13-27-17-19-37-38-27/h8,10-11,15-16,20,26-27,32H,6-7,9,12-14,17-19,21-22H2,1-5H3/b11-8+,16-15+,23-10+,24-20+/t26?,27-/m1/s1. The van der Waals surface area contributed by atoms with Gasteiger partial charge in [0.2, 0.25) is 0 Å². The van der Waals surface area contributed by atoms with Crippen molar-refractivity contribution >= 4 is 33.5 Å². The average molecular weight is 563 g/mol. The highest BCUT2D eigenvalue weighted by molar-refractivity contribution is 8.77. The van der Waals surface area contributed by atoms with Gasteiger partial charge in [-0.3, -0.25) is 4.79 Å². The molecule has 1 saturated heterocycles. The van der Waals surface area contributed by atoms with Crippen LogP contribution >= 0.6 is 21.6 Å². The number of carbonyl (C=O) groups excluding carboxylic acids is 2. The first kappa shape index (κ1) is 32.5. The maximum absolute atomic E-state index is 12.3. The topological polar surface area (TPSA) is 72.8 Å². The molecule has 0 amide bonds. The third-order valence-electron chi connectivity index (χ3n) is 6.92. The molecule has 0 aromatic heterocycles. The van der Waals surface area contributed by atoms with Gasteiger partial charge in [-0.15, -0.1) is 0 Å². The van der Waals surface area contributed by atoms with Crippen molar-refractivity contribution in [3.63, 3.8) is 0 Å². The van der Waals surface area contributed by atoms with Gasteiger partial charge in [0.15, 0.2) is 6.10 Å². The molecule has 0 radical (unpaired) electrons. The third kappa shape index (κ3) is 12.4. The normalized spacial score (nSPS) is 21.4. The monoisotopic (exact) mass is 562 g/mol. The van der Waals surface area contributed by atoms with Crippen LogP contribution in [0.25, 0.3) is 0 Å². The van der Waals surface area contributed by atoms with Gasteiger partial charge < -0.3 is 14.6 Å². The minimum atomic E-state index is -0.875. The van der Waals surface area contributed by atoms with E-state index in [1.54, 1.807) is 0 Å². The molecule has 0 aromatic rings. The van der Waals surface area contributed by atoms with Crippen LogP contribution in [0.5, 0.6) is 0 Å². The summed E-state index contributed by atoms with van der Waals surface area (Å²) in [6, 6.07) is 0. The smallest absolute Gasteiger partial charge is 0.331 e. The van der Waals surface area contributed by atoms with Crippen molar-refractivity contribution < 1.29 is 24.2 Å². The van der Waals surface area contributed by atoms with Crippen LogP contribution in [-0.4, -0.2) is 47.4 Å². The molecule has 2 rings (SSSR count). The molecule has 1 aliphatic carbocycles. The molecular weight excluding hydrogens is 516 g/mol. The van der Waals surface area contributed by atoms with Gasteiger partial charge in [0, 0.05) is 23.5 Å². The van der Waals surface area contributed by atoms with Gasteiger partial charge in [-0.2, -0.15) is 0 Å². The Morgan fingerprint density at radius 1 is 1.18 bits per heavy atom. The fourth-order valence-electron chi connectivity index (χ4n) is 4.65. The molecule has 0 aromatic carbocycles. The number of ether oxygens (including phenoxy) is 2. The van der Waals surface area contributed by atoms with E-state index in [0.717, 1.165) is 30.4 Å². The van der Waals surface area contributed by atoms with E-state index < -0.39 is 18.7 Å². The van der Waals surface area contributed by atoms with Crippen molar-refractivity contribution in [1.82, 2.24) is 0 Å². The van der Waals surface area contributed by atoms with E-state index in [1.165, 1.54) is 48.7 Å². The highest BCUT2D eigenvalue weighted by Crippen LogP contribution is 2.41. The first-order valence-corrected chi connectivity index (χ1v) is 16.2. The van der Waals surface area contributed by atoms with Gasteiger partial charge in [-0.25, -0.2) is 4.79 Å². The summed E-state index contributed by atoms with van der Waals surface area (Å²) in [5.41, 5.74) is 4.97. The summed E-state index contributed by atoms with van der Waals surface area (Å²) in [6.07, 6.45) is 18.8. The molecule has 1 aliphatic heterocycles. The van der Waals surface area contributed by atoms with Crippen LogP contribution in [0.2, 0.25) is 0 Å². The van der Waals surface area contributed by atoms with E-state index in [2.05, 4.69) is 39.8 Å². The Hall–Kier alpha value is -1.70. The SMILES string of the molecule is CC1=C(/C=C/C(C)=C/C=C/C(C)=C/C(=O)OC(CO)COC(=O)CCCC[C@@H]2CCSS2)C(C)(C)CCC1. The first-order valence-electron chi connectivity index (χ1n) is 13.8. The minimum absolute atomic E-state index is 0.139. The van der Waals surface area contributed by atoms with Crippen molar-refractivity contribution in [2.24, 2.45) is 5.41 Å². The number of carbonyl (C=O) groups is 2. The Morgan fingerprint density at radius 3 is 2.66 bits per heavy atom. The summed E-state index contributed by atoms with van der Waals surface area (Å²) in [5, 5.41) is 10.2. The number of allylic oxidation sites excluding steroid dienone is 9. The van der Waals surface area contributed by atoms with Gasteiger partial charge in [0.25, 0.3) is 0 Å².